The minimum Gasteiger partial charge on any atom is -0.473 e. The Morgan fingerprint density at radius 2 is 1.96 bits per heavy atom. The van der Waals surface area contributed by atoms with E-state index in [-0.39, 0.29) is 18.2 Å². The quantitative estimate of drug-likeness (QED) is 0.821. The summed E-state index contributed by atoms with van der Waals surface area (Å²) in [5, 5.41) is -0.410. The Balaban J connectivity index is 1.62. The number of aromatic nitrogens is 1. The Labute approximate surface area is 153 Å². The number of carbonyl (C=O) groups is 1. The zero-order valence-corrected chi connectivity index (χ0v) is 15.5. The summed E-state index contributed by atoms with van der Waals surface area (Å²) >= 11 is 0. The van der Waals surface area contributed by atoms with Gasteiger partial charge in [-0.1, -0.05) is 30.3 Å². The van der Waals surface area contributed by atoms with Crippen LogP contribution in [0.5, 0.6) is 5.88 Å². The van der Waals surface area contributed by atoms with E-state index >= 15 is 0 Å². The Morgan fingerprint density at radius 1 is 1.19 bits per heavy atom. The first kappa shape index (κ1) is 18.4. The first-order valence-corrected chi connectivity index (χ1v) is 10.3. The molecule has 1 aliphatic heterocycles. The topological polar surface area (TPSA) is 76.6 Å². The first-order chi connectivity index (χ1) is 12.5. The van der Waals surface area contributed by atoms with Gasteiger partial charge in [-0.3, -0.25) is 4.79 Å². The average Bonchev–Trinajstić information content (AvgIpc) is 2.79. The monoisotopic (exact) mass is 374 g/mol. The molecule has 6 nitrogen and oxygen atoms in total. The van der Waals surface area contributed by atoms with Gasteiger partial charge in [-0.05, 0) is 25.0 Å². The van der Waals surface area contributed by atoms with Gasteiger partial charge in [-0.15, -0.1) is 0 Å². The second kappa shape index (κ2) is 7.86. The van der Waals surface area contributed by atoms with E-state index < -0.39 is 15.1 Å². The molecule has 7 heteroatoms. The minimum atomic E-state index is -3.12. The maximum absolute atomic E-state index is 12.6. The van der Waals surface area contributed by atoms with Gasteiger partial charge in [0, 0.05) is 25.4 Å². The highest BCUT2D eigenvalue weighted by Gasteiger charge is 2.28. The zero-order valence-electron chi connectivity index (χ0n) is 14.7. The van der Waals surface area contributed by atoms with Crippen molar-refractivity contribution in [3.8, 4) is 5.88 Å². The van der Waals surface area contributed by atoms with Gasteiger partial charge < -0.3 is 9.64 Å². The molecule has 1 aliphatic rings. The van der Waals surface area contributed by atoms with Crippen molar-refractivity contribution in [2.45, 2.75) is 25.2 Å². The number of pyridine rings is 1. The van der Waals surface area contributed by atoms with Gasteiger partial charge in [0.2, 0.25) is 5.88 Å². The number of carbonyl (C=O) groups excluding carboxylic acids is 1. The number of ether oxygens (including phenoxy) is 1. The van der Waals surface area contributed by atoms with E-state index in [1.807, 2.05) is 30.3 Å². The molecule has 0 saturated carbocycles. The van der Waals surface area contributed by atoms with Crippen LogP contribution in [0.25, 0.3) is 0 Å². The van der Waals surface area contributed by atoms with E-state index in [4.69, 9.17) is 4.74 Å². The van der Waals surface area contributed by atoms with E-state index in [0.29, 0.717) is 31.0 Å². The molecule has 1 saturated heterocycles. The number of hydrogen-bond donors (Lipinski definition) is 0. The lowest BCUT2D eigenvalue weighted by Gasteiger charge is -2.19. The van der Waals surface area contributed by atoms with E-state index in [0.717, 1.165) is 5.56 Å². The molecule has 1 fully saturated rings. The van der Waals surface area contributed by atoms with Crippen LogP contribution in [0.15, 0.2) is 48.7 Å². The van der Waals surface area contributed by atoms with Crippen LogP contribution in [0.3, 0.4) is 0 Å². The average molecular weight is 374 g/mol. The summed E-state index contributed by atoms with van der Waals surface area (Å²) in [6.45, 7) is 2.76. The van der Waals surface area contributed by atoms with Gasteiger partial charge in [0.15, 0.2) is 9.84 Å². The first-order valence-electron chi connectivity index (χ1n) is 8.59. The van der Waals surface area contributed by atoms with E-state index in [1.54, 1.807) is 24.0 Å². The van der Waals surface area contributed by atoms with Crippen LogP contribution in [0.1, 0.15) is 29.3 Å². The van der Waals surface area contributed by atoms with Crippen LogP contribution in [0.4, 0.5) is 0 Å². The smallest absolute Gasteiger partial charge is 0.255 e. The van der Waals surface area contributed by atoms with Gasteiger partial charge in [-0.25, -0.2) is 13.4 Å². The van der Waals surface area contributed by atoms with Crippen molar-refractivity contribution in [3.05, 3.63) is 59.8 Å². The summed E-state index contributed by atoms with van der Waals surface area (Å²) in [5.41, 5.74) is 1.47. The van der Waals surface area contributed by atoms with Crippen LogP contribution in [0, 0.1) is 0 Å². The fourth-order valence-corrected chi connectivity index (χ4v) is 4.12. The van der Waals surface area contributed by atoms with E-state index in [1.165, 1.54) is 6.20 Å². The molecule has 0 aliphatic carbocycles. The molecule has 2 heterocycles. The Morgan fingerprint density at radius 3 is 2.65 bits per heavy atom. The predicted molar refractivity (Wildman–Crippen MR) is 98.8 cm³/mol. The molecule has 26 heavy (non-hydrogen) atoms. The number of sulfone groups is 1. The fourth-order valence-electron chi connectivity index (χ4n) is 2.78. The maximum atomic E-state index is 12.6. The largest absolute Gasteiger partial charge is 0.473 e. The highest BCUT2D eigenvalue weighted by atomic mass is 32.2. The second-order valence-corrected chi connectivity index (χ2v) is 8.96. The standard InChI is InChI=1S/C19H22N2O4S/c1-15-9-10-21(11-12-26(15,23)24)19(22)17-7-8-18(20-13-17)25-14-16-5-3-2-4-6-16/h2-8,13,15H,9-12,14H2,1H3. The summed E-state index contributed by atoms with van der Waals surface area (Å²) in [6.07, 6.45) is 1.94. The van der Waals surface area contributed by atoms with Gasteiger partial charge in [0.05, 0.1) is 16.6 Å². The third-order valence-electron chi connectivity index (χ3n) is 4.56. The second-order valence-electron chi connectivity index (χ2n) is 6.42. The summed E-state index contributed by atoms with van der Waals surface area (Å²) in [7, 11) is -3.12. The molecule has 1 aromatic heterocycles. The summed E-state index contributed by atoms with van der Waals surface area (Å²) in [5.74, 6) is 0.250. The van der Waals surface area contributed by atoms with Crippen LogP contribution < -0.4 is 4.74 Å². The molecule has 1 unspecified atom stereocenters. The Kier molecular flexibility index (Phi) is 5.56. The molecule has 0 radical (unpaired) electrons. The van der Waals surface area contributed by atoms with Crippen molar-refractivity contribution in [1.82, 2.24) is 9.88 Å². The third kappa shape index (κ3) is 4.40. The van der Waals surface area contributed by atoms with Crippen LogP contribution in [-0.4, -0.2) is 48.3 Å². The lowest BCUT2D eigenvalue weighted by Crippen LogP contribution is -2.33. The summed E-state index contributed by atoms with van der Waals surface area (Å²) < 4.78 is 29.6. The van der Waals surface area contributed by atoms with Crippen LogP contribution in [-0.2, 0) is 16.4 Å². The molecule has 138 valence electrons. The van der Waals surface area contributed by atoms with Crippen LogP contribution >= 0.6 is 0 Å². The van der Waals surface area contributed by atoms with Gasteiger partial charge in [-0.2, -0.15) is 0 Å². The lowest BCUT2D eigenvalue weighted by molar-refractivity contribution is 0.0766. The van der Waals surface area contributed by atoms with Crippen molar-refractivity contribution in [1.29, 1.82) is 0 Å². The molecule has 1 amide bonds. The van der Waals surface area contributed by atoms with Gasteiger partial charge >= 0.3 is 0 Å². The normalized spacial score (nSPS) is 19.6. The molecule has 3 rings (SSSR count). The Bertz CT molecular complexity index is 851. The van der Waals surface area contributed by atoms with Crippen molar-refractivity contribution >= 4 is 15.7 Å². The number of amides is 1. The molecule has 0 bridgehead atoms. The summed E-state index contributed by atoms with van der Waals surface area (Å²) in [4.78, 5) is 18.4. The molecule has 1 aromatic carbocycles. The van der Waals surface area contributed by atoms with Crippen molar-refractivity contribution in [2.24, 2.45) is 0 Å². The molecule has 2 aromatic rings. The lowest BCUT2D eigenvalue weighted by atomic mass is 10.2. The number of nitrogens with zero attached hydrogens (tertiary/aromatic N) is 2. The van der Waals surface area contributed by atoms with E-state index in [2.05, 4.69) is 4.98 Å². The third-order valence-corrected chi connectivity index (χ3v) is 6.78. The predicted octanol–water partition coefficient (Wildman–Crippen LogP) is 2.31. The van der Waals surface area contributed by atoms with Gasteiger partial charge in [0.25, 0.3) is 5.91 Å². The van der Waals surface area contributed by atoms with Crippen molar-refractivity contribution < 1.29 is 17.9 Å². The molecular formula is C19H22N2O4S. The van der Waals surface area contributed by atoms with Crippen molar-refractivity contribution in [2.75, 3.05) is 18.8 Å². The van der Waals surface area contributed by atoms with Gasteiger partial charge in [0.1, 0.15) is 6.61 Å². The molecular weight excluding hydrogens is 352 g/mol. The SMILES string of the molecule is CC1CCN(C(=O)c2ccc(OCc3ccccc3)nc2)CCS1(=O)=O. The minimum absolute atomic E-state index is 0.00556. The van der Waals surface area contributed by atoms with Crippen molar-refractivity contribution in [3.63, 3.8) is 0 Å². The molecule has 0 spiro atoms. The van der Waals surface area contributed by atoms with Crippen LogP contribution in [0.2, 0.25) is 0 Å². The Hall–Kier alpha value is -2.41. The van der Waals surface area contributed by atoms with E-state index in [9.17, 15) is 13.2 Å². The molecule has 0 N–H and O–H groups in total. The highest BCUT2D eigenvalue weighted by Crippen LogP contribution is 2.17. The fraction of sp³-hybridized carbons (Fsp3) is 0.368. The summed E-state index contributed by atoms with van der Waals surface area (Å²) in [6, 6.07) is 13.1. The molecule has 1 atom stereocenters. The number of benzene rings is 1. The maximum Gasteiger partial charge on any atom is 0.255 e. The zero-order chi connectivity index (χ0) is 18.6. The number of hydrogen-bond acceptors (Lipinski definition) is 5. The highest BCUT2D eigenvalue weighted by molar-refractivity contribution is 7.92. The number of rotatable bonds is 4.